The Bertz CT molecular complexity index is 1070. The van der Waals surface area contributed by atoms with E-state index < -0.39 is 36.1 Å². The molecule has 32 heavy (non-hydrogen) atoms. The minimum atomic E-state index is -0.720. The molecule has 3 amide bonds. The summed E-state index contributed by atoms with van der Waals surface area (Å²) in [4.78, 5) is 53.4. The maximum absolute atomic E-state index is 13.5. The highest BCUT2D eigenvalue weighted by molar-refractivity contribution is 9.12. The van der Waals surface area contributed by atoms with Gasteiger partial charge in [0.2, 0.25) is 0 Å². The molecule has 0 radical (unpaired) electrons. The lowest BCUT2D eigenvalue weighted by Gasteiger charge is -2.30. The zero-order valence-corrected chi connectivity index (χ0v) is 21.8. The SMILES string of the molecule is O=C(CN(C(=O)c1ccc(Cl)cc1Cl)N1C(=O)[C@H]2C[C@H](Br)[C@@H](Br)C[C@H]2C1=O)c1cccs1. The number of amides is 3. The number of benzene rings is 1. The first-order valence-electron chi connectivity index (χ1n) is 9.68. The molecule has 1 saturated carbocycles. The van der Waals surface area contributed by atoms with Gasteiger partial charge in [0.05, 0.1) is 27.3 Å². The molecule has 1 aromatic carbocycles. The quantitative estimate of drug-likeness (QED) is 0.261. The van der Waals surface area contributed by atoms with Crippen molar-refractivity contribution in [3.8, 4) is 0 Å². The molecule has 1 aromatic heterocycles. The van der Waals surface area contributed by atoms with Gasteiger partial charge in [-0.15, -0.1) is 11.3 Å². The summed E-state index contributed by atoms with van der Waals surface area (Å²) in [6.45, 7) is -0.468. The lowest BCUT2D eigenvalue weighted by atomic mass is 9.81. The fraction of sp³-hybridized carbons (Fsp3) is 0.333. The first kappa shape index (κ1) is 23.9. The van der Waals surface area contributed by atoms with Crippen LogP contribution >= 0.6 is 66.4 Å². The summed E-state index contributed by atoms with van der Waals surface area (Å²) in [7, 11) is 0. The Labute approximate surface area is 215 Å². The molecule has 4 atom stereocenters. The van der Waals surface area contributed by atoms with E-state index in [0.717, 1.165) is 10.0 Å². The van der Waals surface area contributed by atoms with Gasteiger partial charge >= 0.3 is 0 Å². The number of hydrogen-bond acceptors (Lipinski definition) is 5. The van der Waals surface area contributed by atoms with E-state index in [1.54, 1.807) is 17.5 Å². The largest absolute Gasteiger partial charge is 0.291 e. The molecular formula is C21H16Br2Cl2N2O4S. The maximum Gasteiger partial charge on any atom is 0.274 e. The van der Waals surface area contributed by atoms with Gasteiger partial charge in [-0.1, -0.05) is 61.1 Å². The predicted octanol–water partition coefficient (Wildman–Crippen LogP) is 5.22. The topological polar surface area (TPSA) is 74.8 Å². The summed E-state index contributed by atoms with van der Waals surface area (Å²) in [6.07, 6.45) is 0.897. The standard InChI is InChI=1S/C21H16Br2Cl2N2O4S/c22-14-7-12-13(8-15(14)23)21(31)27(20(12)30)26(9-17(28)18-2-1-5-32-18)19(29)11-4-3-10(24)6-16(11)25/h1-6,12-15H,7-9H2/t12-,13+,14-,15-/m0/s1. The van der Waals surface area contributed by atoms with Gasteiger partial charge in [-0.3, -0.25) is 19.2 Å². The number of fused-ring (bicyclic) bond motifs is 1. The Morgan fingerprint density at radius 2 is 1.69 bits per heavy atom. The average Bonchev–Trinajstić information content (AvgIpc) is 3.35. The van der Waals surface area contributed by atoms with Crippen LogP contribution in [0.3, 0.4) is 0 Å². The van der Waals surface area contributed by atoms with Crippen LogP contribution in [0, 0.1) is 11.8 Å². The number of alkyl halides is 2. The van der Waals surface area contributed by atoms with Gasteiger partial charge in [0.25, 0.3) is 17.7 Å². The number of halogens is 4. The van der Waals surface area contributed by atoms with Crippen LogP contribution in [0.5, 0.6) is 0 Å². The Kier molecular flexibility index (Phi) is 7.12. The van der Waals surface area contributed by atoms with Gasteiger partial charge in [0.15, 0.2) is 5.78 Å². The van der Waals surface area contributed by atoms with E-state index >= 15 is 0 Å². The summed E-state index contributed by atoms with van der Waals surface area (Å²) in [5.41, 5.74) is 0.0438. The minimum absolute atomic E-state index is 0.0167. The van der Waals surface area contributed by atoms with Crippen molar-refractivity contribution in [1.82, 2.24) is 10.0 Å². The Morgan fingerprint density at radius 3 is 2.22 bits per heavy atom. The molecule has 168 valence electrons. The van der Waals surface area contributed by atoms with Crippen molar-refractivity contribution in [3.63, 3.8) is 0 Å². The van der Waals surface area contributed by atoms with Crippen molar-refractivity contribution in [3.05, 3.63) is 56.2 Å². The number of imide groups is 1. The molecule has 11 heteroatoms. The highest BCUT2D eigenvalue weighted by Gasteiger charge is 2.54. The van der Waals surface area contributed by atoms with Crippen LogP contribution in [-0.4, -0.2) is 49.7 Å². The normalized spacial score (nSPS) is 25.1. The Morgan fingerprint density at radius 1 is 1.06 bits per heavy atom. The number of hydrazine groups is 1. The van der Waals surface area contributed by atoms with Gasteiger partial charge in [-0.2, -0.15) is 5.01 Å². The third-order valence-electron chi connectivity index (χ3n) is 5.62. The number of thiophene rings is 1. The zero-order valence-electron chi connectivity index (χ0n) is 16.3. The number of Topliss-reactive ketones (excluding diaryl/α,β-unsaturated/α-hetero) is 1. The fourth-order valence-electron chi connectivity index (χ4n) is 4.00. The van der Waals surface area contributed by atoms with Gasteiger partial charge in [-0.25, -0.2) is 5.01 Å². The highest BCUT2D eigenvalue weighted by Crippen LogP contribution is 2.44. The first-order chi connectivity index (χ1) is 15.2. The van der Waals surface area contributed by atoms with Crippen LogP contribution in [0.1, 0.15) is 32.9 Å². The molecule has 1 aliphatic carbocycles. The maximum atomic E-state index is 13.5. The summed E-state index contributed by atoms with van der Waals surface area (Å²) in [5, 5.41) is 3.90. The van der Waals surface area contributed by atoms with E-state index in [4.69, 9.17) is 23.2 Å². The Balaban J connectivity index is 1.72. The number of hydrogen-bond donors (Lipinski definition) is 0. The van der Waals surface area contributed by atoms with Crippen LogP contribution in [0.2, 0.25) is 10.0 Å². The molecular weight excluding hydrogens is 607 g/mol. The van der Waals surface area contributed by atoms with E-state index in [0.29, 0.717) is 22.7 Å². The molecule has 0 spiro atoms. The summed E-state index contributed by atoms with van der Waals surface area (Å²) in [5.74, 6) is -3.20. The van der Waals surface area contributed by atoms with E-state index in [1.807, 2.05) is 0 Å². The summed E-state index contributed by atoms with van der Waals surface area (Å²) >= 11 is 20.5. The molecule has 0 N–H and O–H groups in total. The second kappa shape index (κ2) is 9.54. The van der Waals surface area contributed by atoms with Crippen LogP contribution in [0.4, 0.5) is 0 Å². The van der Waals surface area contributed by atoms with Crippen molar-refractivity contribution in [2.24, 2.45) is 11.8 Å². The summed E-state index contributed by atoms with van der Waals surface area (Å²) < 4.78 is 0. The molecule has 2 heterocycles. The van der Waals surface area contributed by atoms with Crippen molar-refractivity contribution >= 4 is 89.9 Å². The lowest BCUT2D eigenvalue weighted by Crippen LogP contribution is -2.52. The van der Waals surface area contributed by atoms with E-state index in [1.165, 1.54) is 29.5 Å². The number of ketones is 1. The van der Waals surface area contributed by atoms with Gasteiger partial charge in [0.1, 0.15) is 6.54 Å². The van der Waals surface area contributed by atoms with Crippen LogP contribution < -0.4 is 0 Å². The fourth-order valence-corrected chi connectivity index (χ4v) is 6.39. The van der Waals surface area contributed by atoms with Crippen molar-refractivity contribution < 1.29 is 19.2 Å². The van der Waals surface area contributed by atoms with Crippen LogP contribution in [-0.2, 0) is 9.59 Å². The predicted molar refractivity (Wildman–Crippen MR) is 130 cm³/mol. The molecule has 2 aromatic rings. The van der Waals surface area contributed by atoms with E-state index in [-0.39, 0.29) is 26.0 Å². The van der Waals surface area contributed by atoms with E-state index in [2.05, 4.69) is 31.9 Å². The highest BCUT2D eigenvalue weighted by atomic mass is 79.9. The van der Waals surface area contributed by atoms with Gasteiger partial charge in [-0.05, 0) is 42.5 Å². The summed E-state index contributed by atoms with van der Waals surface area (Å²) in [6, 6.07) is 7.64. The van der Waals surface area contributed by atoms with Crippen LogP contribution in [0.15, 0.2) is 35.7 Å². The smallest absolute Gasteiger partial charge is 0.274 e. The first-order valence-corrected chi connectivity index (χ1v) is 13.1. The second-order valence-electron chi connectivity index (χ2n) is 7.59. The van der Waals surface area contributed by atoms with Crippen molar-refractivity contribution in [1.29, 1.82) is 0 Å². The monoisotopic (exact) mass is 620 g/mol. The number of carbonyl (C=O) groups excluding carboxylic acids is 4. The molecule has 6 nitrogen and oxygen atoms in total. The molecule has 4 rings (SSSR count). The number of rotatable bonds is 5. The number of nitrogens with zero attached hydrogens (tertiary/aromatic N) is 2. The third kappa shape index (κ3) is 4.42. The lowest BCUT2D eigenvalue weighted by molar-refractivity contribution is -0.154. The molecule has 1 aliphatic heterocycles. The van der Waals surface area contributed by atoms with Crippen molar-refractivity contribution in [2.45, 2.75) is 22.5 Å². The molecule has 1 saturated heterocycles. The van der Waals surface area contributed by atoms with Crippen molar-refractivity contribution in [2.75, 3.05) is 6.54 Å². The van der Waals surface area contributed by atoms with E-state index in [9.17, 15) is 19.2 Å². The molecule has 0 unspecified atom stereocenters. The minimum Gasteiger partial charge on any atom is -0.291 e. The van der Waals surface area contributed by atoms with Crippen LogP contribution in [0.25, 0.3) is 0 Å². The third-order valence-corrected chi connectivity index (χ3v) is 9.81. The Hall–Kier alpha value is -1.26. The average molecular weight is 623 g/mol. The molecule has 0 bridgehead atoms. The molecule has 2 fully saturated rings. The molecule has 2 aliphatic rings. The van der Waals surface area contributed by atoms with Gasteiger partial charge in [0, 0.05) is 14.7 Å². The zero-order chi connectivity index (χ0) is 23.2. The number of carbonyl (C=O) groups is 4. The second-order valence-corrected chi connectivity index (χ2v) is 11.7. The van der Waals surface area contributed by atoms with Gasteiger partial charge < -0.3 is 0 Å².